The topological polar surface area (TPSA) is 72.2 Å². The lowest BCUT2D eigenvalue weighted by atomic mass is 10.2. The van der Waals surface area contributed by atoms with Crippen LogP contribution in [0.4, 0.5) is 5.82 Å². The standard InChI is InChI=1S/C20H19N5OS/c1-3-21-19-15-8-4-5-9-16(15)23-20(24-19)27-12-14-11-18(26)25-13(2)7-6-10-17(25)22-14/h4-11H,3,12H2,1-2H3,(H,21,23,24). The molecule has 6 nitrogen and oxygen atoms in total. The normalized spacial score (nSPS) is 11.2. The van der Waals surface area contributed by atoms with Crippen LogP contribution in [0, 0.1) is 6.92 Å². The van der Waals surface area contributed by atoms with Crippen molar-refractivity contribution in [2.75, 3.05) is 11.9 Å². The van der Waals surface area contributed by atoms with Gasteiger partial charge in [0, 0.05) is 29.4 Å². The van der Waals surface area contributed by atoms with Crippen LogP contribution in [0.15, 0.2) is 58.5 Å². The molecule has 4 aromatic rings. The molecule has 0 amide bonds. The number of thioether (sulfide) groups is 1. The number of rotatable bonds is 5. The summed E-state index contributed by atoms with van der Waals surface area (Å²) >= 11 is 1.48. The highest BCUT2D eigenvalue weighted by Crippen LogP contribution is 2.25. The molecule has 1 aromatic carbocycles. The van der Waals surface area contributed by atoms with Crippen molar-refractivity contribution in [3.05, 3.63) is 70.3 Å². The summed E-state index contributed by atoms with van der Waals surface area (Å²) in [6, 6.07) is 15.2. The van der Waals surface area contributed by atoms with E-state index in [0.717, 1.165) is 34.7 Å². The van der Waals surface area contributed by atoms with Crippen molar-refractivity contribution < 1.29 is 0 Å². The van der Waals surface area contributed by atoms with E-state index >= 15 is 0 Å². The van der Waals surface area contributed by atoms with Gasteiger partial charge in [-0.2, -0.15) is 0 Å². The van der Waals surface area contributed by atoms with Crippen LogP contribution in [-0.2, 0) is 5.75 Å². The fourth-order valence-electron chi connectivity index (χ4n) is 3.00. The summed E-state index contributed by atoms with van der Waals surface area (Å²) in [7, 11) is 0. The van der Waals surface area contributed by atoms with Gasteiger partial charge < -0.3 is 5.32 Å². The molecule has 0 radical (unpaired) electrons. The van der Waals surface area contributed by atoms with Gasteiger partial charge in [0.05, 0.1) is 11.2 Å². The summed E-state index contributed by atoms with van der Waals surface area (Å²) in [5.74, 6) is 1.36. The highest BCUT2D eigenvalue weighted by atomic mass is 32.2. The highest BCUT2D eigenvalue weighted by molar-refractivity contribution is 7.98. The van der Waals surface area contributed by atoms with Crippen molar-refractivity contribution >= 4 is 34.1 Å². The summed E-state index contributed by atoms with van der Waals surface area (Å²) < 4.78 is 1.62. The van der Waals surface area contributed by atoms with Gasteiger partial charge in [-0.05, 0) is 38.1 Å². The van der Waals surface area contributed by atoms with Crippen LogP contribution >= 0.6 is 11.8 Å². The van der Waals surface area contributed by atoms with Crippen molar-refractivity contribution in [1.82, 2.24) is 19.4 Å². The molecule has 0 bridgehead atoms. The van der Waals surface area contributed by atoms with Gasteiger partial charge >= 0.3 is 0 Å². The maximum atomic E-state index is 12.4. The number of aryl methyl sites for hydroxylation is 1. The Bertz CT molecular complexity index is 1190. The number of fused-ring (bicyclic) bond motifs is 2. The monoisotopic (exact) mass is 377 g/mol. The van der Waals surface area contributed by atoms with Gasteiger partial charge in [0.25, 0.3) is 5.56 Å². The minimum atomic E-state index is -0.0681. The van der Waals surface area contributed by atoms with Crippen LogP contribution < -0.4 is 10.9 Å². The number of aromatic nitrogens is 4. The van der Waals surface area contributed by atoms with Gasteiger partial charge in [-0.15, -0.1) is 0 Å². The van der Waals surface area contributed by atoms with E-state index in [2.05, 4.69) is 20.3 Å². The summed E-state index contributed by atoms with van der Waals surface area (Å²) in [6.07, 6.45) is 0. The average molecular weight is 377 g/mol. The van der Waals surface area contributed by atoms with E-state index in [1.54, 1.807) is 10.5 Å². The fourth-order valence-corrected chi connectivity index (χ4v) is 3.74. The first-order valence-corrected chi connectivity index (χ1v) is 9.76. The predicted octanol–water partition coefficient (Wildman–Crippen LogP) is 3.67. The number of para-hydroxylation sites is 1. The molecule has 27 heavy (non-hydrogen) atoms. The number of hydrogen-bond acceptors (Lipinski definition) is 6. The number of hydrogen-bond donors (Lipinski definition) is 1. The zero-order valence-electron chi connectivity index (χ0n) is 15.1. The molecule has 3 aromatic heterocycles. The van der Waals surface area contributed by atoms with Crippen LogP contribution in [0.1, 0.15) is 18.3 Å². The Kier molecular flexibility index (Phi) is 4.77. The maximum absolute atomic E-state index is 12.4. The largest absolute Gasteiger partial charge is 0.370 e. The third-order valence-corrected chi connectivity index (χ3v) is 5.09. The van der Waals surface area contributed by atoms with Gasteiger partial charge in [0.2, 0.25) is 0 Å². The van der Waals surface area contributed by atoms with E-state index in [1.165, 1.54) is 11.8 Å². The second kappa shape index (κ2) is 7.36. The molecule has 0 unspecified atom stereocenters. The quantitative estimate of drug-likeness (QED) is 0.423. The number of benzene rings is 1. The first kappa shape index (κ1) is 17.5. The van der Waals surface area contributed by atoms with Crippen molar-refractivity contribution in [2.45, 2.75) is 24.8 Å². The van der Waals surface area contributed by atoms with Gasteiger partial charge in [-0.3, -0.25) is 9.20 Å². The fraction of sp³-hybridized carbons (Fsp3) is 0.200. The summed E-state index contributed by atoms with van der Waals surface area (Å²) in [4.78, 5) is 26.3. The molecule has 1 N–H and O–H groups in total. The first-order valence-electron chi connectivity index (χ1n) is 8.77. The number of anilines is 1. The smallest absolute Gasteiger partial charge is 0.258 e. The lowest BCUT2D eigenvalue weighted by molar-refractivity contribution is 0.962. The molecule has 136 valence electrons. The number of pyridine rings is 1. The lowest BCUT2D eigenvalue weighted by Crippen LogP contribution is -2.17. The second-order valence-electron chi connectivity index (χ2n) is 6.14. The third kappa shape index (κ3) is 3.50. The Morgan fingerprint density at radius 3 is 2.78 bits per heavy atom. The molecule has 0 atom stereocenters. The minimum absolute atomic E-state index is 0.0681. The molecule has 0 fully saturated rings. The molecule has 0 saturated heterocycles. The van der Waals surface area contributed by atoms with Crippen LogP contribution in [0.2, 0.25) is 0 Å². The molecule has 0 aliphatic carbocycles. The minimum Gasteiger partial charge on any atom is -0.370 e. The van der Waals surface area contributed by atoms with Crippen LogP contribution in [0.3, 0.4) is 0 Å². The summed E-state index contributed by atoms with van der Waals surface area (Å²) in [5, 5.41) is 4.96. The van der Waals surface area contributed by atoms with E-state index in [-0.39, 0.29) is 5.56 Å². The number of nitrogens with zero attached hydrogens (tertiary/aromatic N) is 4. The maximum Gasteiger partial charge on any atom is 0.258 e. The van der Waals surface area contributed by atoms with Crippen LogP contribution in [0.5, 0.6) is 0 Å². The van der Waals surface area contributed by atoms with Gasteiger partial charge in [0.1, 0.15) is 11.5 Å². The second-order valence-corrected chi connectivity index (χ2v) is 7.08. The molecule has 3 heterocycles. The van der Waals surface area contributed by atoms with E-state index in [1.807, 2.05) is 56.3 Å². The average Bonchev–Trinajstić information content (AvgIpc) is 2.66. The Morgan fingerprint density at radius 1 is 1.07 bits per heavy atom. The summed E-state index contributed by atoms with van der Waals surface area (Å²) in [5.41, 5.74) is 3.08. The van der Waals surface area contributed by atoms with Crippen molar-refractivity contribution in [2.24, 2.45) is 0 Å². The molecule has 4 rings (SSSR count). The van der Waals surface area contributed by atoms with E-state index < -0.39 is 0 Å². The predicted molar refractivity (Wildman–Crippen MR) is 109 cm³/mol. The molecule has 0 spiro atoms. The van der Waals surface area contributed by atoms with Crippen molar-refractivity contribution in [1.29, 1.82) is 0 Å². The molecular weight excluding hydrogens is 358 g/mol. The van der Waals surface area contributed by atoms with E-state index in [4.69, 9.17) is 0 Å². The Morgan fingerprint density at radius 2 is 1.93 bits per heavy atom. The van der Waals surface area contributed by atoms with Crippen molar-refractivity contribution in [3.8, 4) is 0 Å². The molecule has 7 heteroatoms. The van der Waals surface area contributed by atoms with Gasteiger partial charge in [0.15, 0.2) is 5.16 Å². The molecular formula is C20H19N5OS. The third-order valence-electron chi connectivity index (χ3n) is 4.21. The molecule has 0 aliphatic heterocycles. The summed E-state index contributed by atoms with van der Waals surface area (Å²) in [6.45, 7) is 4.72. The zero-order chi connectivity index (χ0) is 18.8. The van der Waals surface area contributed by atoms with E-state index in [9.17, 15) is 4.79 Å². The van der Waals surface area contributed by atoms with E-state index in [0.29, 0.717) is 16.6 Å². The molecule has 0 saturated carbocycles. The Labute approximate surface area is 160 Å². The van der Waals surface area contributed by atoms with Gasteiger partial charge in [-0.25, -0.2) is 15.0 Å². The number of nitrogens with one attached hydrogen (secondary N) is 1. The Balaban J connectivity index is 1.65. The Hall–Kier alpha value is -2.93. The van der Waals surface area contributed by atoms with Gasteiger partial charge in [-0.1, -0.05) is 30.0 Å². The van der Waals surface area contributed by atoms with Crippen molar-refractivity contribution in [3.63, 3.8) is 0 Å². The molecule has 0 aliphatic rings. The highest BCUT2D eigenvalue weighted by Gasteiger charge is 2.09. The first-order chi connectivity index (χ1) is 13.2. The zero-order valence-corrected chi connectivity index (χ0v) is 16.0. The van der Waals surface area contributed by atoms with Crippen LogP contribution in [-0.4, -0.2) is 25.9 Å². The van der Waals surface area contributed by atoms with Crippen LogP contribution in [0.25, 0.3) is 16.6 Å². The lowest BCUT2D eigenvalue weighted by Gasteiger charge is -2.09. The SMILES string of the molecule is CCNc1nc(SCc2cc(=O)n3c(C)cccc3n2)nc2ccccc12.